The summed E-state index contributed by atoms with van der Waals surface area (Å²) < 4.78 is 1.89. The Labute approximate surface area is 138 Å². The molecule has 1 N–H and O–H groups in total. The van der Waals surface area contributed by atoms with E-state index in [1.165, 1.54) is 11.0 Å². The van der Waals surface area contributed by atoms with E-state index in [1.54, 1.807) is 30.3 Å². The van der Waals surface area contributed by atoms with Crippen LogP contribution in [0.5, 0.6) is 0 Å². The van der Waals surface area contributed by atoms with Gasteiger partial charge in [-0.1, -0.05) is 12.1 Å². The summed E-state index contributed by atoms with van der Waals surface area (Å²) >= 11 is 0. The summed E-state index contributed by atoms with van der Waals surface area (Å²) in [5, 5.41) is 8.69. The molecule has 2 heterocycles. The molecule has 2 aromatic rings. The van der Waals surface area contributed by atoms with Gasteiger partial charge in [0.2, 0.25) is 0 Å². The summed E-state index contributed by atoms with van der Waals surface area (Å²) in [6, 6.07) is 10.4. The van der Waals surface area contributed by atoms with E-state index in [-0.39, 0.29) is 11.8 Å². The van der Waals surface area contributed by atoms with Crippen molar-refractivity contribution < 1.29 is 19.5 Å². The molecule has 6 nitrogen and oxygen atoms in total. The number of fused-ring (bicyclic) bond motifs is 1. The molecule has 0 radical (unpaired) electrons. The second-order valence-electron chi connectivity index (χ2n) is 5.46. The number of carbonyl (C=O) groups excluding carboxylic acids is 2. The Kier molecular flexibility index (Phi) is 4.29. The zero-order valence-corrected chi connectivity index (χ0v) is 12.9. The molecule has 0 atom stereocenters. The molecular formula is C18H16N2O4. The first kappa shape index (κ1) is 15.7. The lowest BCUT2D eigenvalue weighted by molar-refractivity contribution is -0.131. The van der Waals surface area contributed by atoms with Gasteiger partial charge in [0, 0.05) is 31.1 Å². The molecule has 1 aromatic heterocycles. The monoisotopic (exact) mass is 324 g/mol. The molecule has 0 spiro atoms. The first-order chi connectivity index (χ1) is 11.6. The topological polar surface area (TPSA) is 79.6 Å². The van der Waals surface area contributed by atoms with Gasteiger partial charge >= 0.3 is 5.97 Å². The third-order valence-corrected chi connectivity index (χ3v) is 3.92. The zero-order chi connectivity index (χ0) is 17.1. The molecule has 1 aliphatic rings. The van der Waals surface area contributed by atoms with Gasteiger partial charge in [-0.3, -0.25) is 14.5 Å². The fraction of sp³-hybridized carbons (Fsp3) is 0.167. The molecule has 24 heavy (non-hydrogen) atoms. The second kappa shape index (κ2) is 6.54. The highest BCUT2D eigenvalue weighted by Gasteiger charge is 2.34. The Bertz CT molecular complexity index is 800. The molecule has 1 aromatic carbocycles. The number of rotatable bonds is 6. The maximum atomic E-state index is 12.3. The van der Waals surface area contributed by atoms with Crippen LogP contribution in [0.25, 0.3) is 6.08 Å². The van der Waals surface area contributed by atoms with Crippen LogP contribution in [-0.4, -0.2) is 38.9 Å². The number of carbonyl (C=O) groups is 3. The first-order valence-electron chi connectivity index (χ1n) is 7.59. The minimum atomic E-state index is -1.01. The number of aromatic nitrogens is 1. The minimum absolute atomic E-state index is 0.255. The summed E-state index contributed by atoms with van der Waals surface area (Å²) in [4.78, 5) is 36.4. The van der Waals surface area contributed by atoms with Crippen LogP contribution in [0, 0.1) is 0 Å². The van der Waals surface area contributed by atoms with Gasteiger partial charge in [0.25, 0.3) is 11.8 Å². The summed E-state index contributed by atoms with van der Waals surface area (Å²) in [5.74, 6) is -1.52. The molecular weight excluding hydrogens is 308 g/mol. The fourth-order valence-electron chi connectivity index (χ4n) is 2.78. The highest BCUT2D eigenvalue weighted by atomic mass is 16.4. The van der Waals surface area contributed by atoms with E-state index in [9.17, 15) is 14.4 Å². The zero-order valence-electron chi connectivity index (χ0n) is 12.9. The molecule has 0 fully saturated rings. The normalized spacial score (nSPS) is 13.8. The number of nitrogens with zero attached hydrogens (tertiary/aromatic N) is 2. The lowest BCUT2D eigenvalue weighted by Gasteiger charge is -2.14. The molecule has 0 bridgehead atoms. The molecule has 6 heteroatoms. The van der Waals surface area contributed by atoms with Gasteiger partial charge in [-0.05, 0) is 36.8 Å². The van der Waals surface area contributed by atoms with Crippen LogP contribution >= 0.6 is 0 Å². The number of amides is 2. The Morgan fingerprint density at radius 2 is 1.67 bits per heavy atom. The maximum absolute atomic E-state index is 12.3. The fourth-order valence-corrected chi connectivity index (χ4v) is 2.78. The van der Waals surface area contributed by atoms with Crippen LogP contribution in [0.15, 0.2) is 48.7 Å². The van der Waals surface area contributed by atoms with Crippen molar-refractivity contribution in [3.8, 4) is 0 Å². The van der Waals surface area contributed by atoms with E-state index in [4.69, 9.17) is 5.11 Å². The van der Waals surface area contributed by atoms with E-state index in [0.717, 1.165) is 11.8 Å². The number of benzene rings is 1. The molecule has 1 aliphatic heterocycles. The highest BCUT2D eigenvalue weighted by Crippen LogP contribution is 2.22. The van der Waals surface area contributed by atoms with Crippen LogP contribution in [0.3, 0.4) is 0 Å². The molecule has 3 rings (SSSR count). The van der Waals surface area contributed by atoms with Crippen LogP contribution in [-0.2, 0) is 11.3 Å². The van der Waals surface area contributed by atoms with Crippen molar-refractivity contribution in [1.82, 2.24) is 9.47 Å². The van der Waals surface area contributed by atoms with Crippen LogP contribution in [0.4, 0.5) is 0 Å². The second-order valence-corrected chi connectivity index (χ2v) is 5.46. The van der Waals surface area contributed by atoms with Gasteiger partial charge in [0.05, 0.1) is 11.1 Å². The van der Waals surface area contributed by atoms with Crippen molar-refractivity contribution >= 4 is 23.9 Å². The largest absolute Gasteiger partial charge is 0.478 e. The Hall–Kier alpha value is -3.15. The number of hydrogen-bond donors (Lipinski definition) is 1. The van der Waals surface area contributed by atoms with Crippen LogP contribution in [0.1, 0.15) is 32.8 Å². The van der Waals surface area contributed by atoms with Gasteiger partial charge in [-0.15, -0.1) is 0 Å². The lowest BCUT2D eigenvalue weighted by Crippen LogP contribution is -2.31. The smallest absolute Gasteiger partial charge is 0.328 e. The first-order valence-corrected chi connectivity index (χ1v) is 7.59. The number of carboxylic acid groups (broad SMARTS) is 1. The predicted molar refractivity (Wildman–Crippen MR) is 87.5 cm³/mol. The third kappa shape index (κ3) is 2.99. The summed E-state index contributed by atoms with van der Waals surface area (Å²) in [5.41, 5.74) is 1.67. The number of aryl methyl sites for hydroxylation is 1. The average Bonchev–Trinajstić information content (AvgIpc) is 3.11. The van der Waals surface area contributed by atoms with Crippen molar-refractivity contribution in [3.63, 3.8) is 0 Å². The van der Waals surface area contributed by atoms with Crippen LogP contribution in [0.2, 0.25) is 0 Å². The van der Waals surface area contributed by atoms with Crippen molar-refractivity contribution in [2.45, 2.75) is 13.0 Å². The SMILES string of the molecule is O=C(O)/C=C/c1cccn1CCCN1C(=O)c2ccccc2C1=O. The molecule has 0 saturated carbocycles. The number of carboxylic acids is 1. The van der Waals surface area contributed by atoms with E-state index in [0.29, 0.717) is 30.6 Å². The van der Waals surface area contributed by atoms with E-state index >= 15 is 0 Å². The number of hydrogen-bond acceptors (Lipinski definition) is 3. The number of imide groups is 1. The van der Waals surface area contributed by atoms with E-state index in [2.05, 4.69) is 0 Å². The summed E-state index contributed by atoms with van der Waals surface area (Å²) in [6.07, 6.45) is 5.03. The predicted octanol–water partition coefficient (Wildman–Crippen LogP) is 2.27. The molecule has 0 aliphatic carbocycles. The maximum Gasteiger partial charge on any atom is 0.328 e. The molecule has 122 valence electrons. The molecule has 2 amide bonds. The Morgan fingerprint density at radius 3 is 2.29 bits per heavy atom. The standard InChI is InChI=1S/C18H16N2O4/c21-16(22)9-8-13-5-3-10-19(13)11-4-12-20-17(23)14-6-1-2-7-15(14)18(20)24/h1-3,5-10H,4,11-12H2,(H,21,22)/b9-8+. The minimum Gasteiger partial charge on any atom is -0.478 e. The van der Waals surface area contributed by atoms with Gasteiger partial charge in [-0.25, -0.2) is 4.79 Å². The quantitative estimate of drug-likeness (QED) is 0.653. The van der Waals surface area contributed by atoms with Gasteiger partial charge in [-0.2, -0.15) is 0 Å². The third-order valence-electron chi connectivity index (χ3n) is 3.92. The van der Waals surface area contributed by atoms with Gasteiger partial charge in [0.15, 0.2) is 0 Å². The Morgan fingerprint density at radius 1 is 1.00 bits per heavy atom. The van der Waals surface area contributed by atoms with E-state index < -0.39 is 5.97 Å². The van der Waals surface area contributed by atoms with Gasteiger partial charge in [0.1, 0.15) is 0 Å². The van der Waals surface area contributed by atoms with Crippen molar-refractivity contribution in [2.24, 2.45) is 0 Å². The van der Waals surface area contributed by atoms with Crippen LogP contribution < -0.4 is 0 Å². The molecule has 0 unspecified atom stereocenters. The Balaban J connectivity index is 1.62. The summed E-state index contributed by atoms with van der Waals surface area (Å²) in [6.45, 7) is 0.909. The van der Waals surface area contributed by atoms with Crippen molar-refractivity contribution in [2.75, 3.05) is 6.54 Å². The van der Waals surface area contributed by atoms with Crippen molar-refractivity contribution in [1.29, 1.82) is 0 Å². The highest BCUT2D eigenvalue weighted by molar-refractivity contribution is 6.21. The molecule has 0 saturated heterocycles. The number of aliphatic carboxylic acids is 1. The van der Waals surface area contributed by atoms with Gasteiger partial charge < -0.3 is 9.67 Å². The summed E-state index contributed by atoms with van der Waals surface area (Å²) in [7, 11) is 0. The van der Waals surface area contributed by atoms with E-state index in [1.807, 2.05) is 16.8 Å². The average molecular weight is 324 g/mol. The lowest BCUT2D eigenvalue weighted by atomic mass is 10.1. The van der Waals surface area contributed by atoms with Crippen molar-refractivity contribution in [3.05, 3.63) is 65.5 Å².